The zero-order chi connectivity index (χ0) is 13.5. The van der Waals surface area contributed by atoms with Gasteiger partial charge in [-0.05, 0) is 18.1 Å². The van der Waals surface area contributed by atoms with Crippen molar-refractivity contribution in [2.45, 2.75) is 18.6 Å². The number of hydrogen-bond donors (Lipinski definition) is 1. The summed E-state index contributed by atoms with van der Waals surface area (Å²) in [5, 5.41) is 2.96. The highest BCUT2D eigenvalue weighted by Crippen LogP contribution is 2.10. The molecule has 2 atom stereocenters. The molecule has 0 radical (unpaired) electrons. The summed E-state index contributed by atoms with van der Waals surface area (Å²) >= 11 is 0. The largest absolute Gasteiger partial charge is 0.379 e. The van der Waals surface area contributed by atoms with Gasteiger partial charge in [-0.1, -0.05) is 30.3 Å². The molecule has 1 aliphatic heterocycles. The van der Waals surface area contributed by atoms with E-state index in [-0.39, 0.29) is 18.1 Å². The van der Waals surface area contributed by atoms with Crippen LogP contribution in [0.15, 0.2) is 36.4 Å². The van der Waals surface area contributed by atoms with Gasteiger partial charge in [-0.3, -0.25) is 4.79 Å². The number of ether oxygens (including phenoxy) is 2. The van der Waals surface area contributed by atoms with E-state index in [1.807, 2.05) is 30.3 Å². The van der Waals surface area contributed by atoms with Crippen molar-refractivity contribution in [3.63, 3.8) is 0 Å². The normalized spacial score (nSPS) is 23.4. The van der Waals surface area contributed by atoms with Crippen molar-refractivity contribution >= 4 is 12.0 Å². The molecule has 0 aliphatic carbocycles. The number of methoxy groups -OCH3 is 1. The maximum absolute atomic E-state index is 11.9. The van der Waals surface area contributed by atoms with Crippen LogP contribution in [-0.2, 0) is 14.3 Å². The monoisotopic (exact) mass is 261 g/mol. The average Bonchev–Trinajstić information content (AvgIpc) is 2.47. The Balaban J connectivity index is 1.88. The predicted octanol–water partition coefficient (Wildman–Crippen LogP) is 1.62. The van der Waals surface area contributed by atoms with Gasteiger partial charge in [0.2, 0.25) is 5.91 Å². The molecule has 1 aromatic carbocycles. The molecule has 19 heavy (non-hydrogen) atoms. The molecular formula is C15H19NO3. The number of carbonyl (C=O) groups is 1. The first kappa shape index (κ1) is 13.8. The summed E-state index contributed by atoms with van der Waals surface area (Å²) in [5.74, 6) is -0.0993. The average molecular weight is 261 g/mol. The zero-order valence-corrected chi connectivity index (χ0v) is 11.0. The molecule has 1 N–H and O–H groups in total. The fourth-order valence-corrected chi connectivity index (χ4v) is 2.08. The minimum absolute atomic E-state index is 0.0201. The Labute approximate surface area is 113 Å². The second-order valence-corrected chi connectivity index (χ2v) is 4.50. The third kappa shape index (κ3) is 4.19. The summed E-state index contributed by atoms with van der Waals surface area (Å²) in [7, 11) is 1.64. The van der Waals surface area contributed by atoms with Gasteiger partial charge in [-0.15, -0.1) is 0 Å². The quantitative estimate of drug-likeness (QED) is 0.838. The van der Waals surface area contributed by atoms with Gasteiger partial charge in [0.05, 0.1) is 12.6 Å². The summed E-state index contributed by atoms with van der Waals surface area (Å²) in [6, 6.07) is 9.76. The van der Waals surface area contributed by atoms with Crippen LogP contribution in [0.2, 0.25) is 0 Å². The van der Waals surface area contributed by atoms with Crippen LogP contribution in [0, 0.1) is 0 Å². The number of amides is 1. The van der Waals surface area contributed by atoms with Gasteiger partial charge in [0.25, 0.3) is 0 Å². The molecule has 1 saturated heterocycles. The molecular weight excluding hydrogens is 242 g/mol. The fourth-order valence-electron chi connectivity index (χ4n) is 2.08. The van der Waals surface area contributed by atoms with Crippen LogP contribution in [0.3, 0.4) is 0 Å². The number of rotatable bonds is 4. The lowest BCUT2D eigenvalue weighted by atomic mass is 10.1. The van der Waals surface area contributed by atoms with Gasteiger partial charge in [0.15, 0.2) is 0 Å². The maximum Gasteiger partial charge on any atom is 0.244 e. The molecule has 1 fully saturated rings. The van der Waals surface area contributed by atoms with Crippen LogP contribution in [0.25, 0.3) is 6.08 Å². The van der Waals surface area contributed by atoms with E-state index in [9.17, 15) is 4.79 Å². The number of hydrogen-bond acceptors (Lipinski definition) is 3. The van der Waals surface area contributed by atoms with Crippen LogP contribution in [0.5, 0.6) is 0 Å². The molecule has 4 nitrogen and oxygen atoms in total. The van der Waals surface area contributed by atoms with Crippen molar-refractivity contribution in [1.29, 1.82) is 0 Å². The first-order valence-electron chi connectivity index (χ1n) is 6.44. The number of carbonyl (C=O) groups excluding carboxylic acids is 1. The van der Waals surface area contributed by atoms with Crippen LogP contribution >= 0.6 is 0 Å². The van der Waals surface area contributed by atoms with Gasteiger partial charge in [0.1, 0.15) is 6.10 Å². The van der Waals surface area contributed by atoms with Crippen LogP contribution in [-0.4, -0.2) is 38.4 Å². The Kier molecular flexibility index (Phi) is 5.12. The van der Waals surface area contributed by atoms with Crippen molar-refractivity contribution < 1.29 is 14.3 Å². The topological polar surface area (TPSA) is 47.6 Å². The second-order valence-electron chi connectivity index (χ2n) is 4.50. The smallest absolute Gasteiger partial charge is 0.244 e. The Morgan fingerprint density at radius 3 is 2.95 bits per heavy atom. The van der Waals surface area contributed by atoms with Gasteiger partial charge in [-0.2, -0.15) is 0 Å². The SMILES string of the molecule is CO[C@H]1COCC[C@@H]1NC(=O)C=Cc1ccccc1. The van der Waals surface area contributed by atoms with Gasteiger partial charge >= 0.3 is 0 Å². The van der Waals surface area contributed by atoms with E-state index in [1.165, 1.54) is 0 Å². The third-order valence-electron chi connectivity index (χ3n) is 3.16. The molecule has 1 aromatic rings. The highest BCUT2D eigenvalue weighted by Gasteiger charge is 2.26. The molecule has 1 aliphatic rings. The first-order valence-corrected chi connectivity index (χ1v) is 6.44. The van der Waals surface area contributed by atoms with Crippen molar-refractivity contribution in [2.24, 2.45) is 0 Å². The van der Waals surface area contributed by atoms with Crippen molar-refractivity contribution in [1.82, 2.24) is 5.32 Å². The molecule has 0 aromatic heterocycles. The summed E-state index contributed by atoms with van der Waals surface area (Å²) < 4.78 is 10.6. The third-order valence-corrected chi connectivity index (χ3v) is 3.16. The minimum Gasteiger partial charge on any atom is -0.379 e. The Morgan fingerprint density at radius 2 is 2.21 bits per heavy atom. The Bertz CT molecular complexity index is 430. The Morgan fingerprint density at radius 1 is 1.42 bits per heavy atom. The first-order chi connectivity index (χ1) is 9.29. The Hall–Kier alpha value is -1.65. The molecule has 0 bridgehead atoms. The van der Waals surface area contributed by atoms with Gasteiger partial charge in [0, 0.05) is 19.8 Å². The molecule has 4 heteroatoms. The lowest BCUT2D eigenvalue weighted by Crippen LogP contribution is -2.49. The predicted molar refractivity (Wildman–Crippen MR) is 73.6 cm³/mol. The highest BCUT2D eigenvalue weighted by molar-refractivity contribution is 5.91. The summed E-state index contributed by atoms with van der Waals surface area (Å²) in [5.41, 5.74) is 1.01. The molecule has 1 amide bonds. The summed E-state index contributed by atoms with van der Waals surface area (Å²) in [4.78, 5) is 11.9. The highest BCUT2D eigenvalue weighted by atomic mass is 16.5. The number of benzene rings is 1. The van der Waals surface area contributed by atoms with Crippen LogP contribution in [0.1, 0.15) is 12.0 Å². The summed E-state index contributed by atoms with van der Waals surface area (Å²) in [6.07, 6.45) is 4.07. The summed E-state index contributed by atoms with van der Waals surface area (Å²) in [6.45, 7) is 1.19. The molecule has 0 unspecified atom stereocenters. The van der Waals surface area contributed by atoms with E-state index in [1.54, 1.807) is 19.3 Å². The van der Waals surface area contributed by atoms with Gasteiger partial charge in [-0.25, -0.2) is 0 Å². The van der Waals surface area contributed by atoms with Gasteiger partial charge < -0.3 is 14.8 Å². The van der Waals surface area contributed by atoms with Crippen molar-refractivity contribution in [2.75, 3.05) is 20.3 Å². The number of nitrogens with one attached hydrogen (secondary N) is 1. The zero-order valence-electron chi connectivity index (χ0n) is 11.0. The lowest BCUT2D eigenvalue weighted by Gasteiger charge is -2.30. The molecule has 1 heterocycles. The molecule has 102 valence electrons. The molecule has 0 saturated carbocycles. The standard InChI is InChI=1S/C15H19NO3/c1-18-14-11-19-10-9-13(14)16-15(17)8-7-12-5-3-2-4-6-12/h2-8,13-14H,9-11H2,1H3,(H,16,17)/t13-,14-/m0/s1. The molecule has 2 rings (SSSR count). The second kappa shape index (κ2) is 7.07. The van der Waals surface area contributed by atoms with E-state index in [0.29, 0.717) is 13.2 Å². The van der Waals surface area contributed by atoms with Crippen molar-refractivity contribution in [3.8, 4) is 0 Å². The van der Waals surface area contributed by atoms with E-state index in [2.05, 4.69) is 5.32 Å². The van der Waals surface area contributed by atoms with E-state index in [4.69, 9.17) is 9.47 Å². The fraction of sp³-hybridized carbons (Fsp3) is 0.400. The lowest BCUT2D eigenvalue weighted by molar-refractivity contribution is -0.120. The minimum atomic E-state index is -0.0993. The van der Waals surface area contributed by atoms with E-state index < -0.39 is 0 Å². The van der Waals surface area contributed by atoms with Crippen molar-refractivity contribution in [3.05, 3.63) is 42.0 Å². The van der Waals surface area contributed by atoms with Crippen LogP contribution in [0.4, 0.5) is 0 Å². The van der Waals surface area contributed by atoms with Crippen LogP contribution < -0.4 is 5.32 Å². The maximum atomic E-state index is 11.9. The molecule has 0 spiro atoms. The van der Waals surface area contributed by atoms with E-state index in [0.717, 1.165) is 12.0 Å². The van der Waals surface area contributed by atoms with E-state index >= 15 is 0 Å².